The van der Waals surface area contributed by atoms with E-state index in [1.165, 1.54) is 0 Å². The Morgan fingerprint density at radius 3 is 2.67 bits per heavy atom. The minimum absolute atomic E-state index is 0.460. The van der Waals surface area contributed by atoms with Gasteiger partial charge in [-0.05, 0) is 29.8 Å². The highest BCUT2D eigenvalue weighted by Gasteiger charge is 2.13. The first-order valence-corrected chi connectivity index (χ1v) is 7.49. The summed E-state index contributed by atoms with van der Waals surface area (Å²) in [6.07, 6.45) is 0.649. The fourth-order valence-corrected chi connectivity index (χ4v) is 2.45. The zero-order chi connectivity index (χ0) is 14.7. The lowest BCUT2D eigenvalue weighted by Gasteiger charge is -2.08. The zero-order valence-corrected chi connectivity index (χ0v) is 12.7. The summed E-state index contributed by atoms with van der Waals surface area (Å²) in [5.74, 6) is 1.25. The molecule has 0 spiro atoms. The average molecular weight is 322 g/mol. The topological polar surface area (TPSA) is 35.3 Å². The van der Waals surface area contributed by atoms with Crippen molar-refractivity contribution >= 4 is 34.2 Å². The minimum atomic E-state index is 0.460. The largest absolute Gasteiger partial charge is 0.488 e. The van der Waals surface area contributed by atoms with Gasteiger partial charge in [0.2, 0.25) is 0 Å². The van der Waals surface area contributed by atoms with Gasteiger partial charge in [-0.15, -0.1) is 11.6 Å². The first-order valence-electron chi connectivity index (χ1n) is 6.58. The molecule has 5 heteroatoms. The normalized spacial score (nSPS) is 11.0. The number of ether oxygens (including phenoxy) is 1. The van der Waals surface area contributed by atoms with Gasteiger partial charge in [-0.25, -0.2) is 0 Å². The molecule has 1 aromatic heterocycles. The molecule has 0 atom stereocenters. The second kappa shape index (κ2) is 6.37. The molecule has 0 saturated heterocycles. The number of hydrogen-bond acceptors (Lipinski definition) is 3. The van der Waals surface area contributed by atoms with E-state index in [-0.39, 0.29) is 0 Å². The predicted octanol–water partition coefficient (Wildman–Crippen LogP) is 4.84. The van der Waals surface area contributed by atoms with Crippen molar-refractivity contribution in [2.24, 2.45) is 0 Å². The second-order valence-electron chi connectivity index (χ2n) is 4.61. The predicted molar refractivity (Wildman–Crippen MR) is 84.2 cm³/mol. The van der Waals surface area contributed by atoms with Crippen LogP contribution in [0.1, 0.15) is 11.3 Å². The van der Waals surface area contributed by atoms with Gasteiger partial charge in [0.1, 0.15) is 12.4 Å². The molecule has 0 fully saturated rings. The fraction of sp³-hybridized carbons (Fsp3) is 0.188. The summed E-state index contributed by atoms with van der Waals surface area (Å²) >= 11 is 11.7. The van der Waals surface area contributed by atoms with Crippen LogP contribution in [0.4, 0.5) is 0 Å². The van der Waals surface area contributed by atoms with Crippen molar-refractivity contribution in [2.45, 2.75) is 13.0 Å². The maximum atomic E-state index is 5.90. The van der Waals surface area contributed by atoms with E-state index in [2.05, 4.69) is 5.16 Å². The Kier molecular flexibility index (Phi) is 4.32. The third kappa shape index (κ3) is 3.14. The van der Waals surface area contributed by atoms with Crippen LogP contribution in [-0.4, -0.2) is 11.0 Å². The number of fused-ring (bicyclic) bond motifs is 1. The first kappa shape index (κ1) is 14.2. The SMILES string of the molecule is ClCCc1noc2cccc(OCc3ccc(Cl)cc3)c12. The van der Waals surface area contributed by atoms with Crippen molar-refractivity contribution in [1.82, 2.24) is 5.16 Å². The number of nitrogens with zero attached hydrogens (tertiary/aromatic N) is 1. The Labute approximate surface area is 132 Å². The van der Waals surface area contributed by atoms with Gasteiger partial charge in [0.05, 0.1) is 11.1 Å². The second-order valence-corrected chi connectivity index (χ2v) is 5.43. The van der Waals surface area contributed by atoms with Crippen LogP contribution in [0, 0.1) is 0 Å². The molecule has 0 aliphatic rings. The Balaban J connectivity index is 1.86. The van der Waals surface area contributed by atoms with Crippen LogP contribution in [0.3, 0.4) is 0 Å². The highest BCUT2D eigenvalue weighted by atomic mass is 35.5. The molecular formula is C16H13Cl2NO2. The molecule has 3 aromatic rings. The lowest BCUT2D eigenvalue weighted by Crippen LogP contribution is -1.96. The van der Waals surface area contributed by atoms with Crippen LogP contribution in [0.2, 0.25) is 5.02 Å². The van der Waals surface area contributed by atoms with Gasteiger partial charge in [-0.3, -0.25) is 0 Å². The maximum absolute atomic E-state index is 5.90. The third-order valence-corrected chi connectivity index (χ3v) is 3.61. The van der Waals surface area contributed by atoms with Gasteiger partial charge in [-0.2, -0.15) is 0 Å². The molecule has 0 aliphatic heterocycles. The quantitative estimate of drug-likeness (QED) is 0.630. The Bertz CT molecular complexity index is 738. The van der Waals surface area contributed by atoms with Gasteiger partial charge in [-0.1, -0.05) is 35.0 Å². The molecule has 3 rings (SSSR count). The highest BCUT2D eigenvalue weighted by molar-refractivity contribution is 6.30. The number of rotatable bonds is 5. The maximum Gasteiger partial charge on any atom is 0.170 e. The van der Waals surface area contributed by atoms with Crippen molar-refractivity contribution in [3.05, 3.63) is 58.7 Å². The van der Waals surface area contributed by atoms with Crippen molar-refractivity contribution in [2.75, 3.05) is 5.88 Å². The van der Waals surface area contributed by atoms with Crippen LogP contribution >= 0.6 is 23.2 Å². The van der Waals surface area contributed by atoms with E-state index in [0.717, 1.165) is 22.4 Å². The monoisotopic (exact) mass is 321 g/mol. The molecule has 0 amide bonds. The third-order valence-electron chi connectivity index (χ3n) is 3.17. The van der Waals surface area contributed by atoms with Crippen molar-refractivity contribution in [1.29, 1.82) is 0 Å². The number of alkyl halides is 1. The molecule has 3 nitrogen and oxygen atoms in total. The number of benzene rings is 2. The summed E-state index contributed by atoms with van der Waals surface area (Å²) in [5.41, 5.74) is 2.59. The Morgan fingerprint density at radius 1 is 1.10 bits per heavy atom. The lowest BCUT2D eigenvalue weighted by atomic mass is 10.1. The van der Waals surface area contributed by atoms with Gasteiger partial charge in [0.25, 0.3) is 0 Å². The Hall–Kier alpha value is -1.71. The molecule has 21 heavy (non-hydrogen) atoms. The smallest absolute Gasteiger partial charge is 0.170 e. The van der Waals surface area contributed by atoms with Crippen LogP contribution in [0.15, 0.2) is 47.0 Å². The summed E-state index contributed by atoms with van der Waals surface area (Å²) in [5, 5.41) is 5.66. The average Bonchev–Trinajstić information content (AvgIpc) is 2.91. The highest BCUT2D eigenvalue weighted by Crippen LogP contribution is 2.30. The van der Waals surface area contributed by atoms with E-state index in [1.807, 2.05) is 42.5 Å². The van der Waals surface area contributed by atoms with Crippen LogP contribution in [0.5, 0.6) is 5.75 Å². The van der Waals surface area contributed by atoms with E-state index < -0.39 is 0 Å². The molecule has 108 valence electrons. The first-order chi connectivity index (χ1) is 10.3. The standard InChI is InChI=1S/C16H13Cl2NO2/c17-9-8-13-16-14(2-1-3-15(16)21-19-13)20-10-11-4-6-12(18)7-5-11/h1-7H,8-10H2. The molecule has 0 N–H and O–H groups in total. The summed E-state index contributed by atoms with van der Waals surface area (Å²) < 4.78 is 11.2. The van der Waals surface area contributed by atoms with Crippen LogP contribution in [0.25, 0.3) is 11.0 Å². The minimum Gasteiger partial charge on any atom is -0.488 e. The molecule has 0 saturated carbocycles. The number of aromatic nitrogens is 1. The van der Waals surface area contributed by atoms with Crippen molar-refractivity contribution in [3.8, 4) is 5.75 Å². The molecule has 2 aromatic carbocycles. The number of halogens is 2. The summed E-state index contributed by atoms with van der Waals surface area (Å²) in [7, 11) is 0. The van der Waals surface area contributed by atoms with E-state index in [4.69, 9.17) is 32.5 Å². The molecule has 0 unspecified atom stereocenters. The Morgan fingerprint density at radius 2 is 1.90 bits per heavy atom. The van der Waals surface area contributed by atoms with E-state index in [0.29, 0.717) is 29.5 Å². The fourth-order valence-electron chi connectivity index (χ4n) is 2.14. The molecule has 1 heterocycles. The van der Waals surface area contributed by atoms with Gasteiger partial charge in [0, 0.05) is 17.3 Å². The molecule has 0 radical (unpaired) electrons. The molecule has 0 aliphatic carbocycles. The molecule has 0 bridgehead atoms. The van der Waals surface area contributed by atoms with Gasteiger partial charge < -0.3 is 9.26 Å². The number of hydrogen-bond donors (Lipinski definition) is 0. The van der Waals surface area contributed by atoms with E-state index in [1.54, 1.807) is 0 Å². The van der Waals surface area contributed by atoms with Crippen molar-refractivity contribution in [3.63, 3.8) is 0 Å². The van der Waals surface area contributed by atoms with Gasteiger partial charge in [0.15, 0.2) is 5.58 Å². The van der Waals surface area contributed by atoms with Crippen LogP contribution in [-0.2, 0) is 13.0 Å². The van der Waals surface area contributed by atoms with Crippen molar-refractivity contribution < 1.29 is 9.26 Å². The summed E-state index contributed by atoms with van der Waals surface area (Å²) in [6, 6.07) is 13.2. The van der Waals surface area contributed by atoms with E-state index in [9.17, 15) is 0 Å². The number of aryl methyl sites for hydroxylation is 1. The van der Waals surface area contributed by atoms with Crippen LogP contribution < -0.4 is 4.74 Å². The summed E-state index contributed by atoms with van der Waals surface area (Å²) in [6.45, 7) is 0.460. The van der Waals surface area contributed by atoms with E-state index >= 15 is 0 Å². The zero-order valence-electron chi connectivity index (χ0n) is 11.2. The molecular weight excluding hydrogens is 309 g/mol. The summed E-state index contributed by atoms with van der Waals surface area (Å²) in [4.78, 5) is 0. The van der Waals surface area contributed by atoms with Gasteiger partial charge >= 0.3 is 0 Å². The lowest BCUT2D eigenvalue weighted by molar-refractivity contribution is 0.310.